The van der Waals surface area contributed by atoms with E-state index in [0.717, 1.165) is 26.1 Å². The summed E-state index contributed by atoms with van der Waals surface area (Å²) in [6, 6.07) is 0. The molecule has 1 aliphatic heterocycles. The van der Waals surface area contributed by atoms with Gasteiger partial charge in [-0.2, -0.15) is 0 Å². The third kappa shape index (κ3) is 3.89. The Morgan fingerprint density at radius 1 is 1.26 bits per heavy atom. The van der Waals surface area contributed by atoms with Crippen LogP contribution in [0.4, 0.5) is 0 Å². The Hall–Kier alpha value is -0.200. The van der Waals surface area contributed by atoms with Gasteiger partial charge in [0.05, 0.1) is 0 Å². The van der Waals surface area contributed by atoms with Crippen molar-refractivity contribution in [3.63, 3.8) is 0 Å². The van der Waals surface area contributed by atoms with Gasteiger partial charge in [-0.05, 0) is 27.8 Å². The van der Waals surface area contributed by atoms with Gasteiger partial charge in [-0.15, -0.1) is 0 Å². The van der Waals surface area contributed by atoms with Crippen LogP contribution < -0.4 is 5.73 Å². The summed E-state index contributed by atoms with van der Waals surface area (Å²) in [6.45, 7) is 10.5. The van der Waals surface area contributed by atoms with Crippen molar-refractivity contribution in [1.29, 1.82) is 0 Å². The van der Waals surface area contributed by atoms with Crippen molar-refractivity contribution in [2.24, 2.45) is 5.73 Å². The SMILES string of the molecule is COC(CC(C)(CN)N1CCN(C)C(C)(C)C1)OC. The van der Waals surface area contributed by atoms with Gasteiger partial charge in [0.1, 0.15) is 0 Å². The van der Waals surface area contributed by atoms with Gasteiger partial charge in [0.25, 0.3) is 0 Å². The standard InChI is InChI=1S/C14H31N3O2/c1-13(2)11-17(8-7-16(13)4)14(3,10-15)9-12(18-5)19-6/h12H,7-11,15H2,1-6H3. The van der Waals surface area contributed by atoms with E-state index in [-0.39, 0.29) is 17.4 Å². The molecule has 0 aromatic rings. The van der Waals surface area contributed by atoms with Crippen LogP contribution in [0.3, 0.4) is 0 Å². The van der Waals surface area contributed by atoms with Gasteiger partial charge in [-0.25, -0.2) is 0 Å². The van der Waals surface area contributed by atoms with Crippen LogP contribution in [0.2, 0.25) is 0 Å². The monoisotopic (exact) mass is 273 g/mol. The normalized spacial score (nSPS) is 24.6. The van der Waals surface area contributed by atoms with Gasteiger partial charge in [-0.3, -0.25) is 9.80 Å². The number of likely N-dealkylation sites (N-methyl/N-ethyl adjacent to an activating group) is 1. The fraction of sp³-hybridized carbons (Fsp3) is 1.00. The maximum atomic E-state index is 6.05. The van der Waals surface area contributed by atoms with Crippen molar-refractivity contribution in [2.75, 3.05) is 47.4 Å². The van der Waals surface area contributed by atoms with Crippen LogP contribution in [-0.2, 0) is 9.47 Å². The van der Waals surface area contributed by atoms with E-state index < -0.39 is 0 Å². The summed E-state index contributed by atoms with van der Waals surface area (Å²) < 4.78 is 10.7. The molecule has 1 saturated heterocycles. The topological polar surface area (TPSA) is 51.0 Å². The molecule has 2 N–H and O–H groups in total. The lowest BCUT2D eigenvalue weighted by Gasteiger charge is -2.52. The summed E-state index contributed by atoms with van der Waals surface area (Å²) in [6.07, 6.45) is 0.590. The zero-order valence-electron chi connectivity index (χ0n) is 13.4. The highest BCUT2D eigenvalue weighted by Crippen LogP contribution is 2.28. The molecule has 0 aliphatic carbocycles. The molecule has 0 saturated carbocycles. The van der Waals surface area contributed by atoms with Crippen LogP contribution >= 0.6 is 0 Å². The molecule has 0 bridgehead atoms. The zero-order valence-corrected chi connectivity index (χ0v) is 13.4. The van der Waals surface area contributed by atoms with Crippen molar-refractivity contribution in [3.8, 4) is 0 Å². The quantitative estimate of drug-likeness (QED) is 0.723. The minimum Gasteiger partial charge on any atom is -0.356 e. The first-order valence-electron chi connectivity index (χ1n) is 7.01. The summed E-state index contributed by atoms with van der Waals surface area (Å²) >= 11 is 0. The molecule has 0 aromatic carbocycles. The van der Waals surface area contributed by atoms with Gasteiger partial charge in [0, 0.05) is 57.9 Å². The summed E-state index contributed by atoms with van der Waals surface area (Å²) in [5.74, 6) is 0. The highest BCUT2D eigenvalue weighted by atomic mass is 16.7. The smallest absolute Gasteiger partial charge is 0.158 e. The second-order valence-electron chi connectivity index (χ2n) is 6.46. The molecule has 0 spiro atoms. The van der Waals surface area contributed by atoms with Gasteiger partial charge >= 0.3 is 0 Å². The minimum atomic E-state index is -0.198. The molecular weight excluding hydrogens is 242 g/mol. The van der Waals surface area contributed by atoms with E-state index in [1.54, 1.807) is 14.2 Å². The Balaban J connectivity index is 2.78. The first-order chi connectivity index (χ1) is 8.79. The highest BCUT2D eigenvalue weighted by Gasteiger charge is 2.40. The maximum absolute atomic E-state index is 6.05. The molecule has 114 valence electrons. The molecule has 5 heteroatoms. The first kappa shape index (κ1) is 16.9. The highest BCUT2D eigenvalue weighted by molar-refractivity contribution is 4.97. The van der Waals surface area contributed by atoms with Crippen LogP contribution in [0.15, 0.2) is 0 Å². The van der Waals surface area contributed by atoms with E-state index >= 15 is 0 Å². The van der Waals surface area contributed by atoms with Crippen molar-refractivity contribution >= 4 is 0 Å². The lowest BCUT2D eigenvalue weighted by atomic mass is 9.89. The summed E-state index contributed by atoms with van der Waals surface area (Å²) in [4.78, 5) is 4.89. The molecule has 1 unspecified atom stereocenters. The van der Waals surface area contributed by atoms with Crippen LogP contribution in [-0.4, -0.2) is 74.6 Å². The van der Waals surface area contributed by atoms with Crippen molar-refractivity contribution in [2.45, 2.75) is 44.6 Å². The van der Waals surface area contributed by atoms with E-state index in [0.29, 0.717) is 6.54 Å². The predicted octanol–water partition coefficient (Wildman–Crippen LogP) is 0.739. The largest absolute Gasteiger partial charge is 0.356 e. The number of nitrogens with two attached hydrogens (primary N) is 1. The molecule has 19 heavy (non-hydrogen) atoms. The lowest BCUT2D eigenvalue weighted by molar-refractivity contribution is -0.135. The molecule has 0 amide bonds. The molecule has 5 nitrogen and oxygen atoms in total. The third-order valence-electron chi connectivity index (χ3n) is 4.65. The second kappa shape index (κ2) is 6.50. The molecule has 0 radical (unpaired) electrons. The summed E-state index contributed by atoms with van der Waals surface area (Å²) in [5, 5.41) is 0. The number of nitrogens with zero attached hydrogens (tertiary/aromatic N) is 2. The van der Waals surface area contributed by atoms with E-state index in [1.807, 2.05) is 0 Å². The number of ether oxygens (including phenoxy) is 2. The minimum absolute atomic E-state index is 0.0881. The first-order valence-corrected chi connectivity index (χ1v) is 7.01. The Bertz CT molecular complexity index is 282. The molecule has 1 atom stereocenters. The van der Waals surface area contributed by atoms with Crippen molar-refractivity contribution < 1.29 is 9.47 Å². The predicted molar refractivity (Wildman–Crippen MR) is 78.2 cm³/mol. The second-order valence-corrected chi connectivity index (χ2v) is 6.46. The van der Waals surface area contributed by atoms with Crippen LogP contribution in [0.25, 0.3) is 0 Å². The number of methoxy groups -OCH3 is 2. The lowest BCUT2D eigenvalue weighted by Crippen LogP contribution is -2.65. The Labute approximate surface area is 118 Å². The van der Waals surface area contributed by atoms with Crippen LogP contribution in [0.5, 0.6) is 0 Å². The van der Waals surface area contributed by atoms with Crippen LogP contribution in [0.1, 0.15) is 27.2 Å². The van der Waals surface area contributed by atoms with Gasteiger partial charge in [0.2, 0.25) is 0 Å². The molecule has 0 aromatic heterocycles. The number of hydrogen-bond donors (Lipinski definition) is 1. The van der Waals surface area contributed by atoms with Crippen LogP contribution in [0, 0.1) is 0 Å². The molecular formula is C14H31N3O2. The summed E-state index contributed by atoms with van der Waals surface area (Å²) in [7, 11) is 5.54. The number of rotatable bonds is 6. The fourth-order valence-corrected chi connectivity index (χ4v) is 2.66. The van der Waals surface area contributed by atoms with Crippen molar-refractivity contribution in [1.82, 2.24) is 9.80 Å². The Morgan fingerprint density at radius 3 is 2.26 bits per heavy atom. The average Bonchev–Trinajstić information content (AvgIpc) is 2.38. The molecule has 1 rings (SSSR count). The van der Waals surface area contributed by atoms with E-state index in [4.69, 9.17) is 15.2 Å². The maximum Gasteiger partial charge on any atom is 0.158 e. The summed E-state index contributed by atoms with van der Waals surface area (Å²) in [5.41, 5.74) is 6.14. The van der Waals surface area contributed by atoms with Gasteiger partial charge in [-0.1, -0.05) is 0 Å². The number of piperazine rings is 1. The molecule has 1 fully saturated rings. The van der Waals surface area contributed by atoms with Gasteiger partial charge in [0.15, 0.2) is 6.29 Å². The van der Waals surface area contributed by atoms with E-state index in [2.05, 4.69) is 37.6 Å². The zero-order chi connectivity index (χ0) is 14.7. The van der Waals surface area contributed by atoms with E-state index in [9.17, 15) is 0 Å². The van der Waals surface area contributed by atoms with E-state index in [1.165, 1.54) is 0 Å². The number of hydrogen-bond acceptors (Lipinski definition) is 5. The Morgan fingerprint density at radius 2 is 1.84 bits per heavy atom. The van der Waals surface area contributed by atoms with Gasteiger partial charge < -0.3 is 15.2 Å². The fourth-order valence-electron chi connectivity index (χ4n) is 2.66. The molecule has 1 heterocycles. The molecule has 1 aliphatic rings. The average molecular weight is 273 g/mol. The Kier molecular flexibility index (Phi) is 5.77. The third-order valence-corrected chi connectivity index (χ3v) is 4.65. The van der Waals surface area contributed by atoms with Crippen molar-refractivity contribution in [3.05, 3.63) is 0 Å².